The normalized spacial score (nSPS) is 15.6. The Hall–Kier alpha value is -2.24. The first-order chi connectivity index (χ1) is 12.8. The number of aliphatic hydroxyl groups excluding tert-OH is 1. The van der Waals surface area contributed by atoms with Crippen LogP contribution in [0.25, 0.3) is 10.1 Å². The quantitative estimate of drug-likeness (QED) is 0.715. The minimum atomic E-state index is -0.159. The molecule has 1 unspecified atom stereocenters. The molecule has 1 atom stereocenters. The zero-order valence-electron chi connectivity index (χ0n) is 14.5. The number of rotatable bonds is 6. The van der Waals surface area contributed by atoms with Gasteiger partial charge in [-0.2, -0.15) is 0 Å². The Bertz CT molecular complexity index is 889. The van der Waals surface area contributed by atoms with E-state index in [0.29, 0.717) is 18.2 Å². The summed E-state index contributed by atoms with van der Waals surface area (Å²) >= 11 is 1.54. The molecular weight excluding hydrogens is 344 g/mol. The molecule has 1 N–H and O–H groups in total. The Morgan fingerprint density at radius 2 is 2.04 bits per heavy atom. The summed E-state index contributed by atoms with van der Waals surface area (Å²) in [6, 6.07) is 13.8. The predicted octanol–water partition coefficient (Wildman–Crippen LogP) is 4.10. The highest BCUT2D eigenvalue weighted by atomic mass is 32.1. The first-order valence-corrected chi connectivity index (χ1v) is 9.94. The lowest BCUT2D eigenvalue weighted by atomic mass is 9.79. The van der Waals surface area contributed by atoms with E-state index in [1.807, 2.05) is 52.7 Å². The van der Waals surface area contributed by atoms with E-state index in [-0.39, 0.29) is 18.6 Å². The Morgan fingerprint density at radius 3 is 2.73 bits per heavy atom. The van der Waals surface area contributed by atoms with E-state index in [1.165, 1.54) is 6.42 Å². The van der Waals surface area contributed by atoms with Gasteiger partial charge in [-0.05, 0) is 47.2 Å². The van der Waals surface area contributed by atoms with Crippen LogP contribution in [0.4, 0.5) is 0 Å². The number of aromatic nitrogens is 1. The van der Waals surface area contributed by atoms with E-state index < -0.39 is 0 Å². The van der Waals surface area contributed by atoms with Crippen molar-refractivity contribution in [1.82, 2.24) is 9.88 Å². The minimum absolute atomic E-state index is 0.0103. The summed E-state index contributed by atoms with van der Waals surface area (Å²) in [4.78, 5) is 19.7. The maximum Gasteiger partial charge on any atom is 0.274 e. The molecule has 0 saturated heterocycles. The molecule has 1 fully saturated rings. The Morgan fingerprint density at radius 1 is 1.23 bits per heavy atom. The summed E-state index contributed by atoms with van der Waals surface area (Å²) in [5.74, 6) is 0.281. The fraction of sp³-hybridized carbons (Fsp3) is 0.333. The molecule has 4 rings (SSSR count). The zero-order chi connectivity index (χ0) is 17.9. The van der Waals surface area contributed by atoms with E-state index >= 15 is 0 Å². The number of nitrogens with zero attached hydrogens (tertiary/aromatic N) is 2. The first-order valence-electron chi connectivity index (χ1n) is 9.06. The molecule has 1 aromatic carbocycles. The summed E-state index contributed by atoms with van der Waals surface area (Å²) in [6.45, 7) is 0.481. The summed E-state index contributed by atoms with van der Waals surface area (Å²) in [7, 11) is 0. The van der Waals surface area contributed by atoms with Gasteiger partial charge in [0.1, 0.15) is 5.69 Å². The zero-order valence-corrected chi connectivity index (χ0v) is 15.4. The molecule has 0 radical (unpaired) electrons. The van der Waals surface area contributed by atoms with Gasteiger partial charge in [-0.25, -0.2) is 4.98 Å². The summed E-state index contributed by atoms with van der Waals surface area (Å²) in [5, 5.41) is 13.1. The summed E-state index contributed by atoms with van der Waals surface area (Å²) < 4.78 is 0.917. The number of hydrogen-bond acceptors (Lipinski definition) is 4. The number of amides is 1. The Balaban J connectivity index is 1.71. The molecule has 26 heavy (non-hydrogen) atoms. The van der Waals surface area contributed by atoms with Crippen molar-refractivity contribution in [2.75, 3.05) is 6.61 Å². The van der Waals surface area contributed by atoms with E-state index in [1.54, 1.807) is 17.5 Å². The number of carbonyl (C=O) groups excluding carboxylic acids is 1. The van der Waals surface area contributed by atoms with Crippen molar-refractivity contribution in [3.63, 3.8) is 0 Å². The molecule has 134 valence electrons. The van der Waals surface area contributed by atoms with Crippen LogP contribution in [-0.4, -0.2) is 33.5 Å². The predicted molar refractivity (Wildman–Crippen MR) is 104 cm³/mol. The van der Waals surface area contributed by atoms with Gasteiger partial charge in [-0.1, -0.05) is 36.8 Å². The number of pyridine rings is 1. The number of carbonyl (C=O) groups is 1. The number of aliphatic hydroxyl groups is 1. The molecule has 1 aliphatic carbocycles. The van der Waals surface area contributed by atoms with Gasteiger partial charge in [-0.3, -0.25) is 4.79 Å². The number of benzene rings is 1. The largest absolute Gasteiger partial charge is 0.394 e. The molecule has 3 aromatic rings. The van der Waals surface area contributed by atoms with Crippen molar-refractivity contribution >= 4 is 27.3 Å². The van der Waals surface area contributed by atoms with Crippen molar-refractivity contribution < 1.29 is 9.90 Å². The first kappa shape index (κ1) is 17.2. The lowest BCUT2D eigenvalue weighted by Crippen LogP contribution is -2.48. The van der Waals surface area contributed by atoms with Gasteiger partial charge in [0.15, 0.2) is 0 Å². The SMILES string of the molecule is O=C(c1nccc2ccsc12)N(Cc1ccccc1)C(CO)C1CCC1. The van der Waals surface area contributed by atoms with E-state index in [2.05, 4.69) is 4.98 Å². The molecular formula is C21H22N2O2S. The summed E-state index contributed by atoms with van der Waals surface area (Å²) in [6.07, 6.45) is 5.01. The average molecular weight is 366 g/mol. The second-order valence-electron chi connectivity index (χ2n) is 6.86. The van der Waals surface area contributed by atoms with Crippen LogP contribution in [0.3, 0.4) is 0 Å². The second kappa shape index (κ2) is 7.56. The molecule has 1 aliphatic rings. The number of hydrogen-bond donors (Lipinski definition) is 1. The van der Waals surface area contributed by atoms with Gasteiger partial charge in [0.25, 0.3) is 5.91 Å². The van der Waals surface area contributed by atoms with Crippen molar-refractivity contribution in [3.8, 4) is 0 Å². The molecule has 0 spiro atoms. The third-order valence-electron chi connectivity index (χ3n) is 5.31. The highest BCUT2D eigenvalue weighted by Crippen LogP contribution is 2.34. The number of fused-ring (bicyclic) bond motifs is 1. The minimum Gasteiger partial charge on any atom is -0.394 e. The fourth-order valence-electron chi connectivity index (χ4n) is 3.63. The molecule has 2 aromatic heterocycles. The third kappa shape index (κ3) is 3.24. The van der Waals surface area contributed by atoms with Gasteiger partial charge < -0.3 is 10.0 Å². The summed E-state index contributed by atoms with van der Waals surface area (Å²) in [5.41, 5.74) is 1.56. The lowest BCUT2D eigenvalue weighted by molar-refractivity contribution is 0.0310. The van der Waals surface area contributed by atoms with Crippen LogP contribution >= 0.6 is 11.3 Å². The van der Waals surface area contributed by atoms with Gasteiger partial charge in [-0.15, -0.1) is 11.3 Å². The number of thiophene rings is 1. The van der Waals surface area contributed by atoms with Crippen LogP contribution in [0.2, 0.25) is 0 Å². The Kier molecular flexibility index (Phi) is 5.00. The van der Waals surface area contributed by atoms with Crippen LogP contribution in [0.15, 0.2) is 54.0 Å². The topological polar surface area (TPSA) is 53.4 Å². The van der Waals surface area contributed by atoms with Gasteiger partial charge >= 0.3 is 0 Å². The van der Waals surface area contributed by atoms with Gasteiger partial charge in [0.2, 0.25) is 0 Å². The van der Waals surface area contributed by atoms with Crippen molar-refractivity contribution in [2.45, 2.75) is 31.8 Å². The molecule has 2 heterocycles. The van der Waals surface area contributed by atoms with Gasteiger partial charge in [0.05, 0.1) is 17.3 Å². The van der Waals surface area contributed by atoms with E-state index in [9.17, 15) is 9.90 Å². The fourth-order valence-corrected chi connectivity index (χ4v) is 4.50. The van der Waals surface area contributed by atoms with Crippen LogP contribution in [0.1, 0.15) is 35.3 Å². The van der Waals surface area contributed by atoms with Crippen molar-refractivity contribution in [2.24, 2.45) is 5.92 Å². The lowest BCUT2D eigenvalue weighted by Gasteiger charge is -2.40. The highest BCUT2D eigenvalue weighted by Gasteiger charge is 2.35. The standard InChI is InChI=1S/C21H22N2O2S/c24-14-18(16-7-4-8-16)23(13-15-5-2-1-3-6-15)21(25)19-20-17(9-11-22-19)10-12-26-20/h1-3,5-6,9-12,16,18,24H,4,7-8,13-14H2. The van der Waals surface area contributed by atoms with Crippen LogP contribution < -0.4 is 0 Å². The molecule has 0 aliphatic heterocycles. The molecule has 4 nitrogen and oxygen atoms in total. The third-order valence-corrected chi connectivity index (χ3v) is 6.25. The molecule has 1 amide bonds. The molecule has 1 saturated carbocycles. The average Bonchev–Trinajstić information content (AvgIpc) is 3.12. The second-order valence-corrected chi connectivity index (χ2v) is 7.77. The van der Waals surface area contributed by atoms with Crippen LogP contribution in [0, 0.1) is 5.92 Å². The maximum absolute atomic E-state index is 13.5. The van der Waals surface area contributed by atoms with Crippen LogP contribution in [0.5, 0.6) is 0 Å². The monoisotopic (exact) mass is 366 g/mol. The molecule has 5 heteroatoms. The smallest absolute Gasteiger partial charge is 0.274 e. The van der Waals surface area contributed by atoms with E-state index in [4.69, 9.17) is 0 Å². The van der Waals surface area contributed by atoms with Crippen molar-refractivity contribution in [3.05, 3.63) is 65.3 Å². The maximum atomic E-state index is 13.5. The van der Waals surface area contributed by atoms with Crippen molar-refractivity contribution in [1.29, 1.82) is 0 Å². The van der Waals surface area contributed by atoms with E-state index in [0.717, 1.165) is 28.5 Å². The highest BCUT2D eigenvalue weighted by molar-refractivity contribution is 7.17. The van der Waals surface area contributed by atoms with Crippen LogP contribution in [-0.2, 0) is 6.54 Å². The Labute approximate surface area is 157 Å². The molecule has 0 bridgehead atoms. The van der Waals surface area contributed by atoms with Gasteiger partial charge in [0, 0.05) is 12.7 Å².